The maximum absolute atomic E-state index is 11.0. The topological polar surface area (TPSA) is 69.6 Å². The molecule has 0 radical (unpaired) electrons. The molecule has 5 heteroatoms. The summed E-state index contributed by atoms with van der Waals surface area (Å²) < 4.78 is 0. The summed E-state index contributed by atoms with van der Waals surface area (Å²) in [6.07, 6.45) is 1.93. The standard InChI is InChI=1S/C15H20N2O3/c1-11(18)16-14-6-8-17(9-7-14)10-12-2-4-13(5-3-12)15(19)20/h2-5,14H,6-10H2,1H3,(H,16,18)(H,19,20). The molecule has 1 aliphatic heterocycles. The van der Waals surface area contributed by atoms with Gasteiger partial charge in [-0.3, -0.25) is 9.69 Å². The zero-order chi connectivity index (χ0) is 14.5. The predicted octanol–water partition coefficient (Wildman–Crippen LogP) is 1.49. The second-order valence-electron chi connectivity index (χ2n) is 5.25. The van der Waals surface area contributed by atoms with Crippen molar-refractivity contribution in [1.29, 1.82) is 0 Å². The number of carboxylic acid groups (broad SMARTS) is 1. The minimum Gasteiger partial charge on any atom is -0.478 e. The van der Waals surface area contributed by atoms with Crippen LogP contribution in [-0.4, -0.2) is 41.0 Å². The fourth-order valence-electron chi connectivity index (χ4n) is 2.53. The maximum Gasteiger partial charge on any atom is 0.335 e. The van der Waals surface area contributed by atoms with Crippen LogP contribution >= 0.6 is 0 Å². The van der Waals surface area contributed by atoms with Crippen LogP contribution in [0, 0.1) is 0 Å². The van der Waals surface area contributed by atoms with E-state index >= 15 is 0 Å². The summed E-state index contributed by atoms with van der Waals surface area (Å²) in [5.41, 5.74) is 1.44. The van der Waals surface area contributed by atoms with Crippen molar-refractivity contribution in [1.82, 2.24) is 10.2 Å². The van der Waals surface area contributed by atoms with Crippen LogP contribution in [-0.2, 0) is 11.3 Å². The van der Waals surface area contributed by atoms with Crippen molar-refractivity contribution in [2.75, 3.05) is 13.1 Å². The van der Waals surface area contributed by atoms with Gasteiger partial charge in [-0.15, -0.1) is 0 Å². The van der Waals surface area contributed by atoms with Crippen molar-refractivity contribution >= 4 is 11.9 Å². The maximum atomic E-state index is 11.0. The number of rotatable bonds is 4. The second kappa shape index (κ2) is 6.52. The van der Waals surface area contributed by atoms with Crippen LogP contribution < -0.4 is 5.32 Å². The van der Waals surface area contributed by atoms with E-state index < -0.39 is 5.97 Å². The lowest BCUT2D eigenvalue weighted by molar-refractivity contribution is -0.120. The van der Waals surface area contributed by atoms with Crippen molar-refractivity contribution in [3.05, 3.63) is 35.4 Å². The molecule has 2 N–H and O–H groups in total. The van der Waals surface area contributed by atoms with Crippen LogP contribution in [0.25, 0.3) is 0 Å². The van der Waals surface area contributed by atoms with Gasteiger partial charge in [0.15, 0.2) is 0 Å². The Morgan fingerprint density at radius 3 is 2.35 bits per heavy atom. The Labute approximate surface area is 118 Å². The number of hydrogen-bond acceptors (Lipinski definition) is 3. The number of hydrogen-bond donors (Lipinski definition) is 2. The molecule has 1 aromatic rings. The monoisotopic (exact) mass is 276 g/mol. The van der Waals surface area contributed by atoms with E-state index in [1.54, 1.807) is 19.1 Å². The lowest BCUT2D eigenvalue weighted by Crippen LogP contribution is -2.43. The number of piperidine rings is 1. The smallest absolute Gasteiger partial charge is 0.335 e. The van der Waals surface area contributed by atoms with Crippen LogP contribution in [0.5, 0.6) is 0 Å². The molecule has 1 heterocycles. The number of carbonyl (C=O) groups is 2. The van der Waals surface area contributed by atoms with Gasteiger partial charge in [-0.1, -0.05) is 12.1 Å². The molecule has 1 amide bonds. The molecule has 0 spiro atoms. The van der Waals surface area contributed by atoms with Crippen LogP contribution in [0.4, 0.5) is 0 Å². The van der Waals surface area contributed by atoms with Gasteiger partial charge in [-0.25, -0.2) is 4.79 Å². The number of carboxylic acids is 1. The predicted molar refractivity (Wildman–Crippen MR) is 75.5 cm³/mol. The van der Waals surface area contributed by atoms with E-state index in [0.717, 1.165) is 38.0 Å². The molecule has 2 rings (SSSR count). The molecule has 20 heavy (non-hydrogen) atoms. The first-order valence-electron chi connectivity index (χ1n) is 6.86. The third-order valence-electron chi connectivity index (χ3n) is 3.60. The van der Waals surface area contributed by atoms with Crippen LogP contribution in [0.15, 0.2) is 24.3 Å². The van der Waals surface area contributed by atoms with Crippen molar-refractivity contribution in [2.24, 2.45) is 0 Å². The fourth-order valence-corrected chi connectivity index (χ4v) is 2.53. The Balaban J connectivity index is 1.83. The summed E-state index contributed by atoms with van der Waals surface area (Å²) in [5, 5.41) is 11.8. The number of nitrogens with one attached hydrogen (secondary N) is 1. The van der Waals surface area contributed by atoms with Gasteiger partial charge in [0.2, 0.25) is 5.91 Å². The summed E-state index contributed by atoms with van der Waals surface area (Å²) in [6, 6.07) is 7.30. The Bertz CT molecular complexity index is 476. The molecule has 1 aromatic carbocycles. The number of likely N-dealkylation sites (tertiary alicyclic amines) is 1. The van der Waals surface area contributed by atoms with Gasteiger partial charge in [-0.05, 0) is 30.5 Å². The minimum absolute atomic E-state index is 0.0349. The first-order chi connectivity index (χ1) is 9.54. The average molecular weight is 276 g/mol. The van der Waals surface area contributed by atoms with Gasteiger partial charge in [0.25, 0.3) is 0 Å². The van der Waals surface area contributed by atoms with Gasteiger partial charge in [0.05, 0.1) is 5.56 Å². The third-order valence-corrected chi connectivity index (χ3v) is 3.60. The largest absolute Gasteiger partial charge is 0.478 e. The summed E-state index contributed by atoms with van der Waals surface area (Å²) in [7, 11) is 0. The van der Waals surface area contributed by atoms with Gasteiger partial charge in [0.1, 0.15) is 0 Å². The Hall–Kier alpha value is -1.88. The summed E-state index contributed by atoms with van der Waals surface area (Å²) >= 11 is 0. The Kier molecular flexibility index (Phi) is 4.74. The SMILES string of the molecule is CC(=O)NC1CCN(Cc2ccc(C(=O)O)cc2)CC1. The highest BCUT2D eigenvalue weighted by molar-refractivity contribution is 5.87. The van der Waals surface area contributed by atoms with Crippen molar-refractivity contribution in [2.45, 2.75) is 32.4 Å². The second-order valence-corrected chi connectivity index (χ2v) is 5.25. The molecule has 0 aromatic heterocycles. The van der Waals surface area contributed by atoms with E-state index in [1.807, 2.05) is 12.1 Å². The molecule has 5 nitrogen and oxygen atoms in total. The molecule has 1 fully saturated rings. The summed E-state index contributed by atoms with van der Waals surface area (Å²) in [6.45, 7) is 4.28. The van der Waals surface area contributed by atoms with E-state index in [9.17, 15) is 9.59 Å². The Morgan fingerprint density at radius 2 is 1.85 bits per heavy atom. The molecular formula is C15H20N2O3. The normalized spacial score (nSPS) is 16.9. The molecule has 0 unspecified atom stereocenters. The number of aromatic carboxylic acids is 1. The molecule has 0 saturated carbocycles. The lowest BCUT2D eigenvalue weighted by atomic mass is 10.0. The van der Waals surface area contributed by atoms with Crippen molar-refractivity contribution in [3.63, 3.8) is 0 Å². The number of nitrogens with zero attached hydrogens (tertiary/aromatic N) is 1. The van der Waals surface area contributed by atoms with Crippen molar-refractivity contribution in [3.8, 4) is 0 Å². The van der Waals surface area contributed by atoms with E-state index in [2.05, 4.69) is 10.2 Å². The highest BCUT2D eigenvalue weighted by atomic mass is 16.4. The molecule has 0 bridgehead atoms. The number of benzene rings is 1. The first-order valence-corrected chi connectivity index (χ1v) is 6.86. The lowest BCUT2D eigenvalue weighted by Gasteiger charge is -2.32. The van der Waals surface area contributed by atoms with Crippen molar-refractivity contribution < 1.29 is 14.7 Å². The number of carbonyl (C=O) groups excluding carboxylic acids is 1. The minimum atomic E-state index is -0.896. The highest BCUT2D eigenvalue weighted by Crippen LogP contribution is 2.14. The van der Waals surface area contributed by atoms with Gasteiger partial charge in [-0.2, -0.15) is 0 Å². The summed E-state index contributed by atoms with van der Waals surface area (Å²) in [4.78, 5) is 24.1. The molecular weight excluding hydrogens is 256 g/mol. The third kappa shape index (κ3) is 4.06. The van der Waals surface area contributed by atoms with Crippen LogP contribution in [0.1, 0.15) is 35.7 Å². The fraction of sp³-hybridized carbons (Fsp3) is 0.467. The van der Waals surface area contributed by atoms with E-state index in [4.69, 9.17) is 5.11 Å². The average Bonchev–Trinajstić information content (AvgIpc) is 2.41. The molecule has 0 atom stereocenters. The summed E-state index contributed by atoms with van der Waals surface area (Å²) in [5.74, 6) is -0.861. The van der Waals surface area contributed by atoms with E-state index in [0.29, 0.717) is 5.56 Å². The molecule has 108 valence electrons. The van der Waals surface area contributed by atoms with Gasteiger partial charge >= 0.3 is 5.97 Å². The first kappa shape index (κ1) is 14.5. The van der Waals surface area contributed by atoms with E-state index in [-0.39, 0.29) is 11.9 Å². The van der Waals surface area contributed by atoms with Gasteiger partial charge < -0.3 is 10.4 Å². The molecule has 0 aliphatic carbocycles. The van der Waals surface area contributed by atoms with E-state index in [1.165, 1.54) is 0 Å². The van der Waals surface area contributed by atoms with Crippen LogP contribution in [0.3, 0.4) is 0 Å². The zero-order valence-corrected chi connectivity index (χ0v) is 11.6. The van der Waals surface area contributed by atoms with Gasteiger partial charge in [0, 0.05) is 32.6 Å². The molecule has 1 aliphatic rings. The van der Waals surface area contributed by atoms with Crippen LogP contribution in [0.2, 0.25) is 0 Å². The Morgan fingerprint density at radius 1 is 1.25 bits per heavy atom. The highest BCUT2D eigenvalue weighted by Gasteiger charge is 2.19. The quantitative estimate of drug-likeness (QED) is 0.874. The number of amides is 1. The molecule has 1 saturated heterocycles. The zero-order valence-electron chi connectivity index (χ0n) is 11.6.